The van der Waals surface area contributed by atoms with E-state index in [1.807, 2.05) is 12.1 Å². The van der Waals surface area contributed by atoms with Crippen molar-refractivity contribution >= 4 is 27.5 Å². The molecule has 1 saturated carbocycles. The average molecular weight is 303 g/mol. The molecule has 0 amide bonds. The lowest BCUT2D eigenvalue weighted by molar-refractivity contribution is 0.308. The van der Waals surface area contributed by atoms with E-state index in [1.165, 1.54) is 32.1 Å². The molecule has 1 fully saturated rings. The Kier molecular flexibility index (Phi) is 4.28. The molecule has 0 saturated heterocycles. The number of hydrogen-bond acceptors (Lipinski definition) is 1. The Bertz CT molecular complexity index is 361. The van der Waals surface area contributed by atoms with Crippen LogP contribution in [0.1, 0.15) is 43.7 Å². The smallest absolute Gasteiger partial charge is 0.0454 e. The van der Waals surface area contributed by atoms with Gasteiger partial charge in [-0.15, -0.1) is 0 Å². The van der Waals surface area contributed by atoms with Gasteiger partial charge in [-0.05, 0) is 42.5 Å². The molecule has 0 aliphatic heterocycles. The Morgan fingerprint density at radius 2 is 1.94 bits per heavy atom. The van der Waals surface area contributed by atoms with Crippen LogP contribution in [0.25, 0.3) is 0 Å². The molecule has 1 aromatic rings. The van der Waals surface area contributed by atoms with Crippen LogP contribution >= 0.6 is 27.5 Å². The summed E-state index contributed by atoms with van der Waals surface area (Å²) >= 11 is 9.68. The van der Waals surface area contributed by atoms with Crippen molar-refractivity contribution in [1.29, 1.82) is 0 Å². The summed E-state index contributed by atoms with van der Waals surface area (Å²) in [5, 5.41) is 0.793. The van der Waals surface area contributed by atoms with Crippen LogP contribution in [-0.2, 0) is 0 Å². The summed E-state index contributed by atoms with van der Waals surface area (Å²) in [4.78, 5) is 0. The highest BCUT2D eigenvalue weighted by molar-refractivity contribution is 9.10. The summed E-state index contributed by atoms with van der Waals surface area (Å²) in [6, 6.07) is 6.02. The first kappa shape index (κ1) is 12.4. The van der Waals surface area contributed by atoms with E-state index in [0.29, 0.717) is 5.92 Å². The van der Waals surface area contributed by atoms with Crippen LogP contribution in [0.4, 0.5) is 0 Å². The van der Waals surface area contributed by atoms with Gasteiger partial charge in [0.2, 0.25) is 0 Å². The first-order valence-corrected chi connectivity index (χ1v) is 7.06. The fourth-order valence-corrected chi connectivity index (χ4v) is 3.14. The molecule has 0 bridgehead atoms. The molecule has 0 spiro atoms. The second-order valence-corrected chi connectivity index (χ2v) is 5.91. The van der Waals surface area contributed by atoms with E-state index in [2.05, 4.69) is 22.0 Å². The van der Waals surface area contributed by atoms with Crippen LogP contribution in [-0.4, -0.2) is 0 Å². The lowest BCUT2D eigenvalue weighted by Gasteiger charge is -2.28. The number of rotatable bonds is 2. The molecule has 0 aromatic heterocycles. The van der Waals surface area contributed by atoms with Crippen molar-refractivity contribution in [3.05, 3.63) is 33.3 Å². The van der Waals surface area contributed by atoms with E-state index >= 15 is 0 Å². The molecule has 1 nitrogen and oxygen atoms in total. The molecule has 88 valence electrons. The van der Waals surface area contributed by atoms with E-state index in [4.69, 9.17) is 17.3 Å². The van der Waals surface area contributed by atoms with Crippen molar-refractivity contribution in [3.8, 4) is 0 Å². The summed E-state index contributed by atoms with van der Waals surface area (Å²) in [5.41, 5.74) is 7.42. The second-order valence-electron chi connectivity index (χ2n) is 4.59. The lowest BCUT2D eigenvalue weighted by atomic mass is 9.81. The molecular formula is C13H17BrClN. The number of nitrogens with two attached hydrogens (primary N) is 1. The van der Waals surface area contributed by atoms with Crippen LogP contribution in [0.2, 0.25) is 5.02 Å². The molecule has 16 heavy (non-hydrogen) atoms. The fraction of sp³-hybridized carbons (Fsp3) is 0.538. The molecule has 3 heteroatoms. The highest BCUT2D eigenvalue weighted by Gasteiger charge is 2.23. The van der Waals surface area contributed by atoms with Gasteiger partial charge in [0.15, 0.2) is 0 Å². The maximum absolute atomic E-state index is 6.33. The van der Waals surface area contributed by atoms with E-state index < -0.39 is 0 Å². The molecule has 2 N–H and O–H groups in total. The molecule has 1 aliphatic carbocycles. The van der Waals surface area contributed by atoms with E-state index in [0.717, 1.165) is 15.1 Å². The highest BCUT2D eigenvalue weighted by Crippen LogP contribution is 2.36. The number of halogens is 2. The van der Waals surface area contributed by atoms with Gasteiger partial charge in [0, 0.05) is 15.5 Å². The first-order valence-electron chi connectivity index (χ1n) is 5.89. The molecule has 2 rings (SSSR count). The van der Waals surface area contributed by atoms with Gasteiger partial charge in [0.1, 0.15) is 0 Å². The monoisotopic (exact) mass is 301 g/mol. The summed E-state index contributed by atoms with van der Waals surface area (Å²) in [5.74, 6) is 0.598. The zero-order valence-electron chi connectivity index (χ0n) is 9.26. The SMILES string of the molecule is NC(c1cc(Br)ccc1Cl)C1CCCCC1. The van der Waals surface area contributed by atoms with Gasteiger partial charge in [0.25, 0.3) is 0 Å². The quantitative estimate of drug-likeness (QED) is 0.843. The van der Waals surface area contributed by atoms with Gasteiger partial charge in [-0.1, -0.05) is 46.8 Å². The topological polar surface area (TPSA) is 26.0 Å². The Labute approximate surface area is 110 Å². The van der Waals surface area contributed by atoms with Crippen molar-refractivity contribution in [2.45, 2.75) is 38.1 Å². The molecule has 1 unspecified atom stereocenters. The van der Waals surface area contributed by atoms with E-state index in [1.54, 1.807) is 0 Å². The standard InChI is InChI=1S/C13H17BrClN/c14-10-6-7-12(15)11(8-10)13(16)9-4-2-1-3-5-9/h6-9,13H,1-5,16H2. The Morgan fingerprint density at radius 3 is 2.62 bits per heavy atom. The Hall–Kier alpha value is -0.0500. The summed E-state index contributed by atoms with van der Waals surface area (Å²) in [6.07, 6.45) is 6.46. The van der Waals surface area contributed by atoms with Gasteiger partial charge in [-0.3, -0.25) is 0 Å². The van der Waals surface area contributed by atoms with Gasteiger partial charge < -0.3 is 5.73 Å². The normalized spacial score (nSPS) is 19.7. The van der Waals surface area contributed by atoms with Crippen LogP contribution in [0.3, 0.4) is 0 Å². The third-order valence-electron chi connectivity index (χ3n) is 3.47. The van der Waals surface area contributed by atoms with Crippen molar-refractivity contribution in [1.82, 2.24) is 0 Å². The van der Waals surface area contributed by atoms with E-state index in [-0.39, 0.29) is 6.04 Å². The minimum Gasteiger partial charge on any atom is -0.324 e. The summed E-state index contributed by atoms with van der Waals surface area (Å²) in [7, 11) is 0. The maximum atomic E-state index is 6.33. The Balaban J connectivity index is 2.18. The highest BCUT2D eigenvalue weighted by atomic mass is 79.9. The minimum absolute atomic E-state index is 0.0882. The fourth-order valence-electron chi connectivity index (χ4n) is 2.52. The zero-order chi connectivity index (χ0) is 11.5. The largest absolute Gasteiger partial charge is 0.324 e. The first-order chi connectivity index (χ1) is 7.68. The molecule has 1 atom stereocenters. The average Bonchev–Trinajstić information content (AvgIpc) is 2.32. The van der Waals surface area contributed by atoms with Crippen molar-refractivity contribution in [2.24, 2.45) is 11.7 Å². The maximum Gasteiger partial charge on any atom is 0.0454 e. The third kappa shape index (κ3) is 2.79. The van der Waals surface area contributed by atoms with E-state index in [9.17, 15) is 0 Å². The van der Waals surface area contributed by atoms with Crippen molar-refractivity contribution in [2.75, 3.05) is 0 Å². The van der Waals surface area contributed by atoms with Crippen molar-refractivity contribution < 1.29 is 0 Å². The summed E-state index contributed by atoms with van der Waals surface area (Å²) < 4.78 is 1.05. The lowest BCUT2D eigenvalue weighted by Crippen LogP contribution is -2.23. The molecule has 1 aromatic carbocycles. The van der Waals surface area contributed by atoms with Crippen LogP contribution < -0.4 is 5.73 Å². The second kappa shape index (κ2) is 5.52. The van der Waals surface area contributed by atoms with Gasteiger partial charge in [0.05, 0.1) is 0 Å². The number of hydrogen-bond donors (Lipinski definition) is 1. The zero-order valence-corrected chi connectivity index (χ0v) is 11.6. The predicted molar refractivity (Wildman–Crippen MR) is 72.7 cm³/mol. The van der Waals surface area contributed by atoms with Gasteiger partial charge in [-0.25, -0.2) is 0 Å². The van der Waals surface area contributed by atoms with Gasteiger partial charge >= 0.3 is 0 Å². The minimum atomic E-state index is 0.0882. The molecule has 0 heterocycles. The van der Waals surface area contributed by atoms with Crippen LogP contribution in [0, 0.1) is 5.92 Å². The third-order valence-corrected chi connectivity index (χ3v) is 4.31. The van der Waals surface area contributed by atoms with Crippen LogP contribution in [0.15, 0.2) is 22.7 Å². The molecule has 1 aliphatic rings. The summed E-state index contributed by atoms with van der Waals surface area (Å²) in [6.45, 7) is 0. The molecule has 0 radical (unpaired) electrons. The Morgan fingerprint density at radius 1 is 1.25 bits per heavy atom. The number of benzene rings is 1. The van der Waals surface area contributed by atoms with Crippen molar-refractivity contribution in [3.63, 3.8) is 0 Å². The molecular weight excluding hydrogens is 286 g/mol. The van der Waals surface area contributed by atoms with Crippen LogP contribution in [0.5, 0.6) is 0 Å². The predicted octanol–water partition coefficient (Wildman–Crippen LogP) is 4.68. The van der Waals surface area contributed by atoms with Gasteiger partial charge in [-0.2, -0.15) is 0 Å².